The first-order valence-corrected chi connectivity index (χ1v) is 12.6. The number of anilines is 2. The Morgan fingerprint density at radius 2 is 1.76 bits per heavy atom. The molecule has 0 saturated carbocycles. The second-order valence-corrected chi connectivity index (χ2v) is 10.7. The van der Waals surface area contributed by atoms with Crippen LogP contribution in [0.2, 0.25) is 0 Å². The Labute approximate surface area is 204 Å². The van der Waals surface area contributed by atoms with Gasteiger partial charge in [0.1, 0.15) is 5.69 Å². The van der Waals surface area contributed by atoms with Crippen LogP contribution >= 0.6 is 12.0 Å². The van der Waals surface area contributed by atoms with Crippen molar-refractivity contribution in [3.05, 3.63) is 54.1 Å². The normalized spacial score (nSPS) is 22.7. The van der Waals surface area contributed by atoms with Crippen molar-refractivity contribution in [2.45, 2.75) is 49.1 Å². The van der Waals surface area contributed by atoms with Gasteiger partial charge in [0.2, 0.25) is 5.72 Å². The molecular formula is C27H29N3O3S. The second-order valence-electron chi connectivity index (χ2n) is 9.91. The number of benzene rings is 3. The Kier molecular flexibility index (Phi) is 5.06. The lowest BCUT2D eigenvalue weighted by atomic mass is 9.77. The molecule has 1 N–H and O–H groups in total. The van der Waals surface area contributed by atoms with Gasteiger partial charge in [0, 0.05) is 53.2 Å². The molecule has 0 aliphatic carbocycles. The molecule has 0 amide bonds. The zero-order valence-corrected chi connectivity index (χ0v) is 20.6. The van der Waals surface area contributed by atoms with Gasteiger partial charge in [-0.05, 0) is 56.9 Å². The summed E-state index contributed by atoms with van der Waals surface area (Å²) in [6, 6.07) is 16.8. The maximum atomic E-state index is 8.92. The van der Waals surface area contributed by atoms with Crippen LogP contribution in [-0.4, -0.2) is 37.3 Å². The zero-order chi connectivity index (χ0) is 23.5. The number of hydrogen-bond donors (Lipinski definition) is 1. The Bertz CT molecular complexity index is 1300. The molecule has 3 aliphatic heterocycles. The van der Waals surface area contributed by atoms with Crippen LogP contribution in [0.5, 0.6) is 5.75 Å². The van der Waals surface area contributed by atoms with Gasteiger partial charge in [0.25, 0.3) is 0 Å². The summed E-state index contributed by atoms with van der Waals surface area (Å²) in [6.07, 6.45) is 5.70. The topological polar surface area (TPSA) is 57.5 Å². The highest BCUT2D eigenvalue weighted by Gasteiger charge is 2.58. The number of fused-ring (bicyclic) bond motifs is 4. The first-order chi connectivity index (χ1) is 16.5. The predicted octanol–water partition coefficient (Wildman–Crippen LogP) is 6.55. The SMILES string of the molecule is CN1c2ccc(SOO)cc2C(C)(C)C12C=Nc1c(cc(N3CCCCC3)c3ccccc13)O2. The number of hydrogen-bond acceptors (Lipinski definition) is 7. The molecule has 0 radical (unpaired) electrons. The molecule has 6 nitrogen and oxygen atoms in total. The fourth-order valence-corrected chi connectivity index (χ4v) is 6.28. The van der Waals surface area contributed by atoms with E-state index in [1.54, 1.807) is 0 Å². The molecule has 1 fully saturated rings. The molecule has 34 heavy (non-hydrogen) atoms. The van der Waals surface area contributed by atoms with Crippen molar-refractivity contribution in [2.75, 3.05) is 29.9 Å². The van der Waals surface area contributed by atoms with Crippen molar-refractivity contribution in [1.29, 1.82) is 0 Å². The van der Waals surface area contributed by atoms with E-state index in [0.29, 0.717) is 0 Å². The van der Waals surface area contributed by atoms with Gasteiger partial charge in [-0.3, -0.25) is 4.99 Å². The first kappa shape index (κ1) is 21.8. The fraction of sp³-hybridized carbons (Fsp3) is 0.370. The minimum Gasteiger partial charge on any atom is -0.459 e. The smallest absolute Gasteiger partial charge is 0.228 e. The van der Waals surface area contributed by atoms with E-state index in [2.05, 4.69) is 77.5 Å². The number of likely N-dealkylation sites (N-methyl/N-ethyl adjacent to an activating group) is 1. The van der Waals surface area contributed by atoms with Crippen molar-refractivity contribution < 1.29 is 14.3 Å². The second kappa shape index (κ2) is 7.90. The first-order valence-electron chi connectivity index (χ1n) is 11.9. The molecule has 0 bridgehead atoms. The Morgan fingerprint density at radius 1 is 1.00 bits per heavy atom. The molecule has 1 saturated heterocycles. The summed E-state index contributed by atoms with van der Waals surface area (Å²) in [5.74, 6) is 0.822. The lowest BCUT2D eigenvalue weighted by molar-refractivity contribution is -0.116. The van der Waals surface area contributed by atoms with Crippen LogP contribution in [0.3, 0.4) is 0 Å². The molecule has 1 atom stereocenters. The Balaban J connectivity index is 1.49. The van der Waals surface area contributed by atoms with Gasteiger partial charge >= 0.3 is 0 Å². The number of nitrogens with zero attached hydrogens (tertiary/aromatic N) is 3. The van der Waals surface area contributed by atoms with E-state index < -0.39 is 11.1 Å². The van der Waals surface area contributed by atoms with E-state index in [9.17, 15) is 0 Å². The molecule has 3 heterocycles. The van der Waals surface area contributed by atoms with Crippen LogP contribution in [0.1, 0.15) is 38.7 Å². The molecule has 1 unspecified atom stereocenters. The summed E-state index contributed by atoms with van der Waals surface area (Å²) in [6.45, 7) is 6.52. The fourth-order valence-electron chi connectivity index (χ4n) is 5.91. The van der Waals surface area contributed by atoms with E-state index in [1.807, 2.05) is 12.3 Å². The largest absolute Gasteiger partial charge is 0.459 e. The third-order valence-corrected chi connectivity index (χ3v) is 8.34. The van der Waals surface area contributed by atoms with Gasteiger partial charge < -0.3 is 14.5 Å². The minimum absolute atomic E-state index is 0.402. The molecule has 3 aliphatic rings. The average Bonchev–Trinajstić information content (AvgIpc) is 3.02. The van der Waals surface area contributed by atoms with E-state index in [1.165, 1.54) is 30.3 Å². The van der Waals surface area contributed by atoms with Crippen LogP contribution in [-0.2, 0) is 9.75 Å². The Morgan fingerprint density at radius 3 is 2.53 bits per heavy atom. The molecule has 3 aromatic carbocycles. The molecule has 176 valence electrons. The highest BCUT2D eigenvalue weighted by Crippen LogP contribution is 2.55. The molecule has 1 spiro atoms. The van der Waals surface area contributed by atoms with Gasteiger partial charge in [0.15, 0.2) is 5.75 Å². The lowest BCUT2D eigenvalue weighted by Gasteiger charge is -2.45. The predicted molar refractivity (Wildman–Crippen MR) is 139 cm³/mol. The van der Waals surface area contributed by atoms with Gasteiger partial charge in [-0.2, -0.15) is 4.33 Å². The van der Waals surface area contributed by atoms with Gasteiger partial charge in [-0.1, -0.05) is 24.3 Å². The van der Waals surface area contributed by atoms with E-state index in [4.69, 9.17) is 15.0 Å². The van der Waals surface area contributed by atoms with E-state index in [0.717, 1.165) is 58.1 Å². The quantitative estimate of drug-likeness (QED) is 0.263. The standard InChI is InChI=1S/C27H29N3O3S/c1-26(2)21-15-18(34-33-31)11-12-22(21)29(3)27(26)17-28-25-20-10-6-5-9-19(20)23(16-24(25)32-27)30-13-7-4-8-14-30/h5-6,9-12,15-17,31H,4,7-8,13-14H2,1-3H3. The monoisotopic (exact) mass is 475 g/mol. The van der Waals surface area contributed by atoms with Crippen molar-refractivity contribution in [1.82, 2.24) is 0 Å². The number of ether oxygens (including phenoxy) is 1. The van der Waals surface area contributed by atoms with Crippen molar-refractivity contribution >= 4 is 46.1 Å². The van der Waals surface area contributed by atoms with Crippen molar-refractivity contribution in [2.24, 2.45) is 4.99 Å². The minimum atomic E-state index is -0.771. The van der Waals surface area contributed by atoms with Gasteiger partial charge in [-0.15, -0.1) is 0 Å². The van der Waals surface area contributed by atoms with Gasteiger partial charge in [0.05, 0.1) is 23.7 Å². The number of rotatable bonds is 3. The summed E-state index contributed by atoms with van der Waals surface area (Å²) in [5.41, 5.74) is 3.17. The maximum absolute atomic E-state index is 8.92. The average molecular weight is 476 g/mol. The molecule has 0 aromatic heterocycles. The number of piperidine rings is 1. The summed E-state index contributed by atoms with van der Waals surface area (Å²) in [7, 11) is 2.06. The van der Waals surface area contributed by atoms with Crippen LogP contribution in [0.4, 0.5) is 17.1 Å². The van der Waals surface area contributed by atoms with Crippen LogP contribution in [0.25, 0.3) is 10.8 Å². The van der Waals surface area contributed by atoms with Crippen LogP contribution < -0.4 is 14.5 Å². The van der Waals surface area contributed by atoms with E-state index >= 15 is 0 Å². The molecule has 6 rings (SSSR count). The van der Waals surface area contributed by atoms with Crippen molar-refractivity contribution in [3.8, 4) is 5.75 Å². The molecular weight excluding hydrogens is 446 g/mol. The third-order valence-electron chi connectivity index (χ3n) is 7.82. The molecule has 7 heteroatoms. The Hall–Kier alpha value is -2.74. The number of aliphatic imine (C=N–C) groups is 1. The summed E-state index contributed by atoms with van der Waals surface area (Å²) >= 11 is 0.943. The van der Waals surface area contributed by atoms with Crippen LogP contribution in [0, 0.1) is 0 Å². The van der Waals surface area contributed by atoms with Crippen molar-refractivity contribution in [3.63, 3.8) is 0 Å². The summed E-state index contributed by atoms with van der Waals surface area (Å²) in [5, 5.41) is 11.3. The maximum Gasteiger partial charge on any atom is 0.228 e. The molecule has 3 aromatic rings. The zero-order valence-electron chi connectivity index (χ0n) is 19.7. The summed E-state index contributed by atoms with van der Waals surface area (Å²) in [4.78, 5) is 10.6. The van der Waals surface area contributed by atoms with Crippen LogP contribution in [0.15, 0.2) is 58.4 Å². The highest BCUT2D eigenvalue weighted by molar-refractivity contribution is 7.94. The lowest BCUT2D eigenvalue weighted by Crippen LogP contribution is -2.61. The summed E-state index contributed by atoms with van der Waals surface area (Å²) < 4.78 is 11.3. The highest BCUT2D eigenvalue weighted by atomic mass is 32.2. The third kappa shape index (κ3) is 3.00. The van der Waals surface area contributed by atoms with E-state index in [-0.39, 0.29) is 0 Å². The van der Waals surface area contributed by atoms with Gasteiger partial charge in [-0.25, -0.2) is 5.26 Å².